The van der Waals surface area contributed by atoms with Gasteiger partial charge in [0.15, 0.2) is 12.6 Å². The lowest BCUT2D eigenvalue weighted by Crippen LogP contribution is -1.93. The Morgan fingerprint density at radius 1 is 1.00 bits per heavy atom. The highest BCUT2D eigenvalue weighted by Gasteiger charge is 2.09. The molecular weight excluding hydrogens is 247 g/mol. The fourth-order valence-electron chi connectivity index (χ4n) is 1.89. The van der Waals surface area contributed by atoms with Gasteiger partial charge in [0, 0.05) is 5.56 Å². The molecule has 0 fully saturated rings. The lowest BCUT2D eigenvalue weighted by atomic mass is 9.98. The molecule has 0 saturated carbocycles. The molecule has 0 radical (unpaired) electrons. The predicted octanol–water partition coefficient (Wildman–Crippen LogP) is 3.13. The van der Waals surface area contributed by atoms with Crippen molar-refractivity contribution in [1.29, 1.82) is 0 Å². The normalized spacial score (nSPS) is 10.0. The summed E-state index contributed by atoms with van der Waals surface area (Å²) in [5.41, 5.74) is 1.84. The molecule has 2 aromatic rings. The van der Waals surface area contributed by atoms with E-state index < -0.39 is 5.82 Å². The maximum absolute atomic E-state index is 13.1. The number of benzene rings is 2. The largest absolute Gasteiger partial charge is 0.496 e. The minimum Gasteiger partial charge on any atom is -0.496 e. The Labute approximate surface area is 109 Å². The predicted molar refractivity (Wildman–Crippen MR) is 69.2 cm³/mol. The molecule has 0 unspecified atom stereocenters. The van der Waals surface area contributed by atoms with Gasteiger partial charge < -0.3 is 4.74 Å². The van der Waals surface area contributed by atoms with E-state index in [4.69, 9.17) is 4.74 Å². The molecule has 0 bridgehead atoms. The van der Waals surface area contributed by atoms with E-state index >= 15 is 0 Å². The summed E-state index contributed by atoms with van der Waals surface area (Å²) in [6.07, 6.45) is 1.26. The van der Waals surface area contributed by atoms with Crippen LogP contribution in [0.3, 0.4) is 0 Å². The molecule has 96 valence electrons. The van der Waals surface area contributed by atoms with E-state index in [-0.39, 0.29) is 5.56 Å². The smallest absolute Gasteiger partial charge is 0.153 e. The first-order valence-corrected chi connectivity index (χ1v) is 5.58. The van der Waals surface area contributed by atoms with Crippen LogP contribution in [0.15, 0.2) is 36.4 Å². The second kappa shape index (κ2) is 5.44. The van der Waals surface area contributed by atoms with E-state index in [0.29, 0.717) is 35.0 Å². The summed E-state index contributed by atoms with van der Waals surface area (Å²) < 4.78 is 18.1. The van der Waals surface area contributed by atoms with Gasteiger partial charge in [-0.1, -0.05) is 12.1 Å². The molecule has 19 heavy (non-hydrogen) atoms. The molecule has 2 aromatic carbocycles. The topological polar surface area (TPSA) is 43.4 Å². The van der Waals surface area contributed by atoms with Crippen LogP contribution >= 0.6 is 0 Å². The van der Waals surface area contributed by atoms with Crippen LogP contribution in [0.2, 0.25) is 0 Å². The van der Waals surface area contributed by atoms with Crippen molar-refractivity contribution in [3.8, 4) is 16.9 Å². The molecule has 0 aliphatic rings. The second-order valence-corrected chi connectivity index (χ2v) is 3.92. The number of carbonyl (C=O) groups is 2. The molecule has 0 N–H and O–H groups in total. The van der Waals surface area contributed by atoms with E-state index in [1.54, 1.807) is 18.2 Å². The van der Waals surface area contributed by atoms with E-state index in [9.17, 15) is 14.0 Å². The van der Waals surface area contributed by atoms with Gasteiger partial charge in [-0.25, -0.2) is 4.39 Å². The summed E-state index contributed by atoms with van der Waals surface area (Å²) in [4.78, 5) is 21.9. The van der Waals surface area contributed by atoms with Crippen molar-refractivity contribution in [3.63, 3.8) is 0 Å². The van der Waals surface area contributed by atoms with E-state index in [1.807, 2.05) is 0 Å². The fourth-order valence-corrected chi connectivity index (χ4v) is 1.89. The highest BCUT2D eigenvalue weighted by Crippen LogP contribution is 2.28. The molecule has 0 aliphatic heterocycles. The molecule has 0 atom stereocenters. The van der Waals surface area contributed by atoms with E-state index in [2.05, 4.69) is 0 Å². The van der Waals surface area contributed by atoms with Crippen LogP contribution in [0.25, 0.3) is 11.1 Å². The van der Waals surface area contributed by atoms with Gasteiger partial charge in [0.25, 0.3) is 0 Å². The summed E-state index contributed by atoms with van der Waals surface area (Å²) >= 11 is 0. The third kappa shape index (κ3) is 2.52. The van der Waals surface area contributed by atoms with E-state index in [1.165, 1.54) is 19.2 Å². The number of rotatable bonds is 4. The summed E-state index contributed by atoms with van der Waals surface area (Å²) in [5.74, 6) is -0.0245. The third-order valence-corrected chi connectivity index (χ3v) is 2.81. The van der Waals surface area contributed by atoms with E-state index in [0.717, 1.165) is 6.07 Å². The highest BCUT2D eigenvalue weighted by molar-refractivity contribution is 5.90. The number of carbonyl (C=O) groups excluding carboxylic acids is 2. The van der Waals surface area contributed by atoms with Crippen molar-refractivity contribution in [2.24, 2.45) is 0 Å². The van der Waals surface area contributed by atoms with Crippen LogP contribution in [0.5, 0.6) is 5.75 Å². The zero-order valence-electron chi connectivity index (χ0n) is 10.2. The van der Waals surface area contributed by atoms with Crippen LogP contribution in [0.4, 0.5) is 4.39 Å². The van der Waals surface area contributed by atoms with Gasteiger partial charge in [-0.2, -0.15) is 0 Å². The fraction of sp³-hybridized carbons (Fsp3) is 0.0667. The van der Waals surface area contributed by atoms with Crippen molar-refractivity contribution in [3.05, 3.63) is 53.3 Å². The first-order valence-electron chi connectivity index (χ1n) is 5.58. The van der Waals surface area contributed by atoms with Gasteiger partial charge in [0.05, 0.1) is 12.7 Å². The molecule has 0 heterocycles. The van der Waals surface area contributed by atoms with Crippen molar-refractivity contribution >= 4 is 12.6 Å². The number of aldehydes is 2. The van der Waals surface area contributed by atoms with Crippen LogP contribution in [0, 0.1) is 5.82 Å². The van der Waals surface area contributed by atoms with Crippen LogP contribution in [-0.4, -0.2) is 19.7 Å². The quantitative estimate of drug-likeness (QED) is 0.791. The monoisotopic (exact) mass is 258 g/mol. The molecular formula is C15H11FO3. The Hall–Kier alpha value is -2.49. The third-order valence-electron chi connectivity index (χ3n) is 2.81. The molecule has 0 aromatic heterocycles. The zero-order chi connectivity index (χ0) is 13.8. The Morgan fingerprint density at radius 3 is 2.37 bits per heavy atom. The molecule has 4 heteroatoms. The summed E-state index contributed by atoms with van der Waals surface area (Å²) in [6, 6.07) is 8.89. The van der Waals surface area contributed by atoms with Crippen molar-refractivity contribution in [2.75, 3.05) is 7.11 Å². The minimum absolute atomic E-state index is 0.238. The summed E-state index contributed by atoms with van der Waals surface area (Å²) in [6.45, 7) is 0. The standard InChI is InChI=1S/C15H11FO3/c1-19-15-5-2-10(6-12(15)9-18)14-4-3-13(16)7-11(14)8-17/h2-9H,1H3. The Morgan fingerprint density at radius 2 is 1.74 bits per heavy atom. The van der Waals surface area contributed by atoms with Crippen molar-refractivity contribution in [1.82, 2.24) is 0 Å². The number of hydrogen-bond acceptors (Lipinski definition) is 3. The van der Waals surface area contributed by atoms with Gasteiger partial charge in [-0.05, 0) is 35.4 Å². The first-order chi connectivity index (χ1) is 9.19. The second-order valence-electron chi connectivity index (χ2n) is 3.92. The molecule has 2 rings (SSSR count). The summed E-state index contributed by atoms with van der Waals surface area (Å²) in [7, 11) is 1.47. The maximum atomic E-state index is 13.1. The SMILES string of the molecule is COc1ccc(-c2ccc(F)cc2C=O)cc1C=O. The average molecular weight is 258 g/mol. The minimum atomic E-state index is -0.477. The number of ether oxygens (including phenoxy) is 1. The lowest BCUT2D eigenvalue weighted by molar-refractivity contribution is 0.111. The highest BCUT2D eigenvalue weighted by atomic mass is 19.1. The molecule has 0 saturated heterocycles. The van der Waals surface area contributed by atoms with Gasteiger partial charge in [0.1, 0.15) is 11.6 Å². The lowest BCUT2D eigenvalue weighted by Gasteiger charge is -2.08. The first kappa shape index (κ1) is 13.0. The maximum Gasteiger partial charge on any atom is 0.153 e. The molecule has 3 nitrogen and oxygen atoms in total. The van der Waals surface area contributed by atoms with Crippen LogP contribution in [0.1, 0.15) is 20.7 Å². The Balaban J connectivity index is 2.59. The van der Waals surface area contributed by atoms with Crippen molar-refractivity contribution < 1.29 is 18.7 Å². The van der Waals surface area contributed by atoms with Gasteiger partial charge in [-0.15, -0.1) is 0 Å². The van der Waals surface area contributed by atoms with Crippen LogP contribution in [-0.2, 0) is 0 Å². The van der Waals surface area contributed by atoms with Gasteiger partial charge in [-0.3, -0.25) is 9.59 Å². The number of hydrogen-bond donors (Lipinski definition) is 0. The number of methoxy groups -OCH3 is 1. The zero-order valence-corrected chi connectivity index (χ0v) is 10.2. The van der Waals surface area contributed by atoms with Crippen molar-refractivity contribution in [2.45, 2.75) is 0 Å². The molecule has 0 spiro atoms. The molecule has 0 amide bonds. The Kier molecular flexibility index (Phi) is 3.71. The molecule has 0 aliphatic carbocycles. The number of halogens is 1. The van der Waals surface area contributed by atoms with Crippen LogP contribution < -0.4 is 4.74 Å². The average Bonchev–Trinajstić information content (AvgIpc) is 2.46. The van der Waals surface area contributed by atoms with Gasteiger partial charge in [0.2, 0.25) is 0 Å². The summed E-state index contributed by atoms with van der Waals surface area (Å²) in [5, 5.41) is 0. The van der Waals surface area contributed by atoms with Gasteiger partial charge >= 0.3 is 0 Å². The Bertz CT molecular complexity index is 635.